The summed E-state index contributed by atoms with van der Waals surface area (Å²) in [7, 11) is 3.08. The van der Waals surface area contributed by atoms with E-state index in [4.69, 9.17) is 9.47 Å². The van der Waals surface area contributed by atoms with Crippen molar-refractivity contribution in [2.75, 3.05) is 38.8 Å². The van der Waals surface area contributed by atoms with Crippen LogP contribution in [-0.2, 0) is 11.2 Å². The fourth-order valence-corrected chi connectivity index (χ4v) is 3.64. The van der Waals surface area contributed by atoms with Gasteiger partial charge >= 0.3 is 6.09 Å². The lowest BCUT2D eigenvalue weighted by Gasteiger charge is -2.37. The van der Waals surface area contributed by atoms with E-state index in [0.29, 0.717) is 0 Å². The molecular formula is C22H28N2O3. The molecule has 0 aromatic heterocycles. The molecule has 0 atom stereocenters. The molecule has 0 aliphatic carbocycles. The van der Waals surface area contributed by atoms with E-state index >= 15 is 0 Å². The normalized spacial score (nSPS) is 15.3. The molecule has 1 aliphatic rings. The van der Waals surface area contributed by atoms with Gasteiger partial charge in [-0.2, -0.15) is 0 Å². The Kier molecular flexibility index (Phi) is 6.71. The third-order valence-corrected chi connectivity index (χ3v) is 5.20. The Bertz CT molecular complexity index is 710. The third kappa shape index (κ3) is 5.01. The summed E-state index contributed by atoms with van der Waals surface area (Å²) < 4.78 is 10.3. The Balaban J connectivity index is 1.59. The molecule has 5 heteroatoms. The van der Waals surface area contributed by atoms with Gasteiger partial charge in [-0.3, -0.25) is 4.90 Å². The summed E-state index contributed by atoms with van der Waals surface area (Å²) >= 11 is 0. The first-order chi connectivity index (χ1) is 13.2. The first-order valence-electron chi connectivity index (χ1n) is 9.49. The first-order valence-corrected chi connectivity index (χ1v) is 9.49. The minimum absolute atomic E-state index is 0.152. The summed E-state index contributed by atoms with van der Waals surface area (Å²) in [5, 5.41) is 0. The van der Waals surface area contributed by atoms with Gasteiger partial charge in [-0.15, -0.1) is 0 Å². The number of benzene rings is 2. The SMILES string of the molecule is COC(=O)N(c1ccc(OC)cc1)C1CCN(CCc2ccccc2)CC1. The fourth-order valence-electron chi connectivity index (χ4n) is 3.64. The molecule has 0 saturated carbocycles. The van der Waals surface area contributed by atoms with Crippen molar-refractivity contribution < 1.29 is 14.3 Å². The molecule has 0 radical (unpaired) electrons. The molecule has 1 aliphatic heterocycles. The Morgan fingerprint density at radius 1 is 1.04 bits per heavy atom. The van der Waals surface area contributed by atoms with E-state index in [2.05, 4.69) is 35.2 Å². The van der Waals surface area contributed by atoms with E-state index in [9.17, 15) is 4.79 Å². The average Bonchev–Trinajstić information content (AvgIpc) is 2.74. The second-order valence-electron chi connectivity index (χ2n) is 6.85. The topological polar surface area (TPSA) is 42.0 Å². The summed E-state index contributed by atoms with van der Waals surface area (Å²) in [4.78, 5) is 16.7. The molecule has 1 saturated heterocycles. The number of amides is 1. The van der Waals surface area contributed by atoms with E-state index in [-0.39, 0.29) is 12.1 Å². The number of ether oxygens (including phenoxy) is 2. The van der Waals surface area contributed by atoms with Crippen molar-refractivity contribution in [2.45, 2.75) is 25.3 Å². The largest absolute Gasteiger partial charge is 0.497 e. The Morgan fingerprint density at radius 3 is 2.30 bits per heavy atom. The zero-order valence-corrected chi connectivity index (χ0v) is 16.1. The number of hydrogen-bond donors (Lipinski definition) is 0. The lowest BCUT2D eigenvalue weighted by Crippen LogP contribution is -2.48. The first kappa shape index (κ1) is 19.2. The summed E-state index contributed by atoms with van der Waals surface area (Å²) in [6, 6.07) is 18.3. The van der Waals surface area contributed by atoms with Crippen LogP contribution in [0.1, 0.15) is 18.4 Å². The van der Waals surface area contributed by atoms with Gasteiger partial charge in [0.15, 0.2) is 0 Å². The Morgan fingerprint density at radius 2 is 1.70 bits per heavy atom. The van der Waals surface area contributed by atoms with Crippen molar-refractivity contribution in [3.63, 3.8) is 0 Å². The van der Waals surface area contributed by atoms with Crippen LogP contribution in [0.4, 0.5) is 10.5 Å². The zero-order chi connectivity index (χ0) is 19.1. The molecule has 1 heterocycles. The number of anilines is 1. The second kappa shape index (κ2) is 9.42. The van der Waals surface area contributed by atoms with Crippen LogP contribution in [0.3, 0.4) is 0 Å². The molecule has 2 aromatic carbocycles. The fraction of sp³-hybridized carbons (Fsp3) is 0.409. The smallest absolute Gasteiger partial charge is 0.414 e. The van der Waals surface area contributed by atoms with Crippen LogP contribution in [-0.4, -0.2) is 50.9 Å². The lowest BCUT2D eigenvalue weighted by molar-refractivity contribution is 0.165. The number of likely N-dealkylation sites (tertiary alicyclic amines) is 1. The minimum Gasteiger partial charge on any atom is -0.497 e. The highest BCUT2D eigenvalue weighted by molar-refractivity contribution is 5.88. The molecule has 2 aromatic rings. The van der Waals surface area contributed by atoms with E-state index in [1.807, 2.05) is 24.3 Å². The highest BCUT2D eigenvalue weighted by atomic mass is 16.5. The average molecular weight is 368 g/mol. The van der Waals surface area contributed by atoms with Crippen LogP contribution >= 0.6 is 0 Å². The van der Waals surface area contributed by atoms with Crippen LogP contribution in [0.15, 0.2) is 54.6 Å². The van der Waals surface area contributed by atoms with Crippen molar-refractivity contribution in [3.05, 3.63) is 60.2 Å². The van der Waals surface area contributed by atoms with Gasteiger partial charge in [0, 0.05) is 31.4 Å². The van der Waals surface area contributed by atoms with Gasteiger partial charge in [0.25, 0.3) is 0 Å². The quantitative estimate of drug-likeness (QED) is 0.774. The third-order valence-electron chi connectivity index (χ3n) is 5.20. The molecule has 0 unspecified atom stereocenters. The number of piperidine rings is 1. The second-order valence-corrected chi connectivity index (χ2v) is 6.85. The molecule has 1 amide bonds. The van der Waals surface area contributed by atoms with Crippen LogP contribution < -0.4 is 9.64 Å². The molecule has 0 bridgehead atoms. The summed E-state index contributed by atoms with van der Waals surface area (Å²) in [6.07, 6.45) is 2.64. The predicted octanol–water partition coefficient (Wildman–Crippen LogP) is 3.98. The van der Waals surface area contributed by atoms with Gasteiger partial charge in [0.05, 0.1) is 14.2 Å². The molecule has 144 valence electrons. The summed E-state index contributed by atoms with van der Waals surface area (Å²) in [6.45, 7) is 3.03. The van der Waals surface area contributed by atoms with Crippen molar-refractivity contribution in [2.24, 2.45) is 0 Å². The number of hydrogen-bond acceptors (Lipinski definition) is 4. The van der Waals surface area contributed by atoms with Crippen molar-refractivity contribution in [1.29, 1.82) is 0 Å². The van der Waals surface area contributed by atoms with E-state index in [0.717, 1.165) is 50.3 Å². The van der Waals surface area contributed by atoms with E-state index in [1.165, 1.54) is 12.7 Å². The van der Waals surface area contributed by atoms with Gasteiger partial charge in [0.1, 0.15) is 5.75 Å². The number of carbonyl (C=O) groups excluding carboxylic acids is 1. The molecule has 0 N–H and O–H groups in total. The zero-order valence-electron chi connectivity index (χ0n) is 16.1. The maximum absolute atomic E-state index is 12.4. The molecule has 27 heavy (non-hydrogen) atoms. The summed E-state index contributed by atoms with van der Waals surface area (Å²) in [5.41, 5.74) is 2.22. The minimum atomic E-state index is -0.303. The van der Waals surface area contributed by atoms with Crippen molar-refractivity contribution >= 4 is 11.8 Å². The number of nitrogens with zero attached hydrogens (tertiary/aromatic N) is 2. The summed E-state index contributed by atoms with van der Waals surface area (Å²) in [5.74, 6) is 0.777. The van der Waals surface area contributed by atoms with E-state index < -0.39 is 0 Å². The van der Waals surface area contributed by atoms with Gasteiger partial charge in [0.2, 0.25) is 0 Å². The highest BCUT2D eigenvalue weighted by Gasteiger charge is 2.29. The van der Waals surface area contributed by atoms with Crippen LogP contribution in [0, 0.1) is 0 Å². The van der Waals surface area contributed by atoms with Gasteiger partial charge in [-0.1, -0.05) is 30.3 Å². The Labute approximate surface area is 161 Å². The maximum Gasteiger partial charge on any atom is 0.414 e. The van der Waals surface area contributed by atoms with Crippen LogP contribution in [0.2, 0.25) is 0 Å². The number of carbonyl (C=O) groups is 1. The molecule has 5 nitrogen and oxygen atoms in total. The predicted molar refractivity (Wildman–Crippen MR) is 107 cm³/mol. The molecule has 0 spiro atoms. The standard InChI is InChI=1S/C22H28N2O3/c1-26-21-10-8-19(9-11-21)24(22(25)27-2)20-13-16-23(17-14-20)15-12-18-6-4-3-5-7-18/h3-11,20H,12-17H2,1-2H3. The highest BCUT2D eigenvalue weighted by Crippen LogP contribution is 2.26. The van der Waals surface area contributed by atoms with Crippen molar-refractivity contribution in [3.8, 4) is 5.75 Å². The number of rotatable bonds is 6. The monoisotopic (exact) mass is 368 g/mol. The van der Waals surface area contributed by atoms with Gasteiger partial charge in [-0.25, -0.2) is 4.79 Å². The molecule has 3 rings (SSSR count). The van der Waals surface area contributed by atoms with Gasteiger partial charge in [-0.05, 0) is 49.1 Å². The van der Waals surface area contributed by atoms with E-state index in [1.54, 1.807) is 12.0 Å². The van der Waals surface area contributed by atoms with Crippen LogP contribution in [0.25, 0.3) is 0 Å². The molecule has 1 fully saturated rings. The lowest BCUT2D eigenvalue weighted by atomic mass is 10.0. The van der Waals surface area contributed by atoms with Crippen molar-refractivity contribution in [1.82, 2.24) is 4.90 Å². The number of methoxy groups -OCH3 is 2. The Hall–Kier alpha value is -2.53. The van der Waals surface area contributed by atoms with Gasteiger partial charge < -0.3 is 14.4 Å². The van der Waals surface area contributed by atoms with Crippen LogP contribution in [0.5, 0.6) is 5.75 Å². The molecular weight excluding hydrogens is 340 g/mol. The maximum atomic E-state index is 12.4.